The molecule has 3 N–H and O–H groups in total. The molecule has 2 aromatic rings. The average molecular weight is 305 g/mol. The highest BCUT2D eigenvalue weighted by Gasteiger charge is 2.16. The molecule has 0 aliphatic rings. The van der Waals surface area contributed by atoms with Crippen LogP contribution in [0.15, 0.2) is 47.4 Å². The van der Waals surface area contributed by atoms with Gasteiger partial charge in [0.2, 0.25) is 0 Å². The van der Waals surface area contributed by atoms with Gasteiger partial charge in [-0.2, -0.15) is 5.26 Å². The van der Waals surface area contributed by atoms with Crippen LogP contribution in [0, 0.1) is 17.1 Å². The van der Waals surface area contributed by atoms with Crippen molar-refractivity contribution in [3.8, 4) is 6.07 Å². The molecule has 5 nitrogen and oxygen atoms in total. The van der Waals surface area contributed by atoms with Gasteiger partial charge in [0.25, 0.3) is 10.0 Å². The second kappa shape index (κ2) is 5.81. The lowest BCUT2D eigenvalue weighted by Crippen LogP contribution is -2.14. The fourth-order valence-corrected chi connectivity index (χ4v) is 2.76. The molecule has 0 unspecified atom stereocenters. The standard InChI is InChI=1S/C14H12FN3O2S/c15-13-9-11(17)3-6-14(13)18-21(19,20)12-4-1-10(2-5-12)7-8-16/h1-6,9,18H,7,17H2. The zero-order valence-corrected chi connectivity index (χ0v) is 11.7. The number of sulfonamides is 1. The summed E-state index contributed by atoms with van der Waals surface area (Å²) in [5.41, 5.74) is 6.14. The normalized spacial score (nSPS) is 10.9. The average Bonchev–Trinajstić information content (AvgIpc) is 2.43. The predicted molar refractivity (Wildman–Crippen MR) is 77.4 cm³/mol. The third-order valence-electron chi connectivity index (χ3n) is 2.75. The van der Waals surface area contributed by atoms with E-state index in [4.69, 9.17) is 11.0 Å². The predicted octanol–water partition coefficient (Wildman–Crippen LogP) is 2.27. The number of nitrogens with two attached hydrogens (primary N) is 1. The minimum atomic E-state index is -3.89. The maximum Gasteiger partial charge on any atom is 0.261 e. The van der Waals surface area contributed by atoms with E-state index in [1.165, 1.54) is 36.4 Å². The smallest absolute Gasteiger partial charge is 0.261 e. The second-order valence-corrected chi connectivity index (χ2v) is 6.01. The van der Waals surface area contributed by atoms with Crippen molar-refractivity contribution in [1.29, 1.82) is 5.26 Å². The van der Waals surface area contributed by atoms with E-state index in [1.807, 2.05) is 6.07 Å². The van der Waals surface area contributed by atoms with Crippen molar-refractivity contribution in [2.24, 2.45) is 0 Å². The molecule has 7 heteroatoms. The van der Waals surface area contributed by atoms with Gasteiger partial charge in [-0.15, -0.1) is 0 Å². The topological polar surface area (TPSA) is 96.0 Å². The van der Waals surface area contributed by atoms with Crippen molar-refractivity contribution < 1.29 is 12.8 Å². The Morgan fingerprint density at radius 3 is 2.43 bits per heavy atom. The van der Waals surface area contributed by atoms with Crippen LogP contribution >= 0.6 is 0 Å². The number of halogens is 1. The number of hydrogen-bond acceptors (Lipinski definition) is 4. The molecule has 0 spiro atoms. The Morgan fingerprint density at radius 1 is 1.19 bits per heavy atom. The highest BCUT2D eigenvalue weighted by atomic mass is 32.2. The molecule has 0 aliphatic heterocycles. The first-order valence-electron chi connectivity index (χ1n) is 5.96. The molecule has 0 fully saturated rings. The maximum absolute atomic E-state index is 13.6. The van der Waals surface area contributed by atoms with E-state index < -0.39 is 15.8 Å². The van der Waals surface area contributed by atoms with Gasteiger partial charge in [0, 0.05) is 5.69 Å². The first kappa shape index (κ1) is 14.8. The Labute approximate surface area is 121 Å². The van der Waals surface area contributed by atoms with Gasteiger partial charge in [-0.05, 0) is 35.9 Å². The van der Waals surface area contributed by atoms with Crippen LogP contribution in [0.5, 0.6) is 0 Å². The summed E-state index contributed by atoms with van der Waals surface area (Å²) in [7, 11) is -3.89. The van der Waals surface area contributed by atoms with Crippen LogP contribution < -0.4 is 10.5 Å². The van der Waals surface area contributed by atoms with E-state index in [0.29, 0.717) is 5.56 Å². The molecule has 0 amide bonds. The van der Waals surface area contributed by atoms with Gasteiger partial charge in [-0.1, -0.05) is 12.1 Å². The van der Waals surface area contributed by atoms with Gasteiger partial charge >= 0.3 is 0 Å². The molecule has 2 rings (SSSR count). The quantitative estimate of drug-likeness (QED) is 0.847. The number of rotatable bonds is 4. The van der Waals surface area contributed by atoms with Gasteiger partial charge in [-0.3, -0.25) is 4.72 Å². The van der Waals surface area contributed by atoms with Gasteiger partial charge in [0.15, 0.2) is 0 Å². The van der Waals surface area contributed by atoms with E-state index in [0.717, 1.165) is 6.07 Å². The summed E-state index contributed by atoms with van der Waals surface area (Å²) < 4.78 is 40.0. The molecule has 0 saturated carbocycles. The summed E-state index contributed by atoms with van der Waals surface area (Å²) in [4.78, 5) is -0.0135. The Morgan fingerprint density at radius 2 is 1.86 bits per heavy atom. The first-order chi connectivity index (χ1) is 9.92. The third-order valence-corrected chi connectivity index (χ3v) is 4.14. The number of nitrogens with zero attached hydrogens (tertiary/aromatic N) is 1. The molecular formula is C14H12FN3O2S. The van der Waals surface area contributed by atoms with E-state index in [2.05, 4.69) is 4.72 Å². The molecule has 108 valence electrons. The second-order valence-electron chi connectivity index (χ2n) is 4.32. The van der Waals surface area contributed by atoms with Gasteiger partial charge in [0.1, 0.15) is 5.82 Å². The van der Waals surface area contributed by atoms with Crippen LogP contribution in [0.1, 0.15) is 5.56 Å². The highest BCUT2D eigenvalue weighted by molar-refractivity contribution is 7.92. The van der Waals surface area contributed by atoms with Crippen molar-refractivity contribution in [1.82, 2.24) is 0 Å². The number of nitrogen functional groups attached to an aromatic ring is 1. The summed E-state index contributed by atoms with van der Waals surface area (Å²) in [6.07, 6.45) is 0.195. The number of benzene rings is 2. The lowest BCUT2D eigenvalue weighted by atomic mass is 10.2. The van der Waals surface area contributed by atoms with Gasteiger partial charge in [0.05, 0.1) is 23.1 Å². The van der Waals surface area contributed by atoms with Crippen LogP contribution in [-0.2, 0) is 16.4 Å². The summed E-state index contributed by atoms with van der Waals surface area (Å²) in [6.45, 7) is 0. The molecule has 0 heterocycles. The van der Waals surface area contributed by atoms with Crippen LogP contribution in [0.3, 0.4) is 0 Å². The van der Waals surface area contributed by atoms with E-state index in [9.17, 15) is 12.8 Å². The molecule has 0 atom stereocenters. The number of hydrogen-bond donors (Lipinski definition) is 2. The molecule has 0 saturated heterocycles. The van der Waals surface area contributed by atoms with Crippen molar-refractivity contribution in [3.63, 3.8) is 0 Å². The molecule has 21 heavy (non-hydrogen) atoms. The van der Waals surface area contributed by atoms with Crippen LogP contribution in [0.2, 0.25) is 0 Å². The lowest BCUT2D eigenvalue weighted by Gasteiger charge is -2.09. The third kappa shape index (κ3) is 3.49. The number of nitrogens with one attached hydrogen (secondary N) is 1. The number of anilines is 2. The first-order valence-corrected chi connectivity index (χ1v) is 7.44. The van der Waals surface area contributed by atoms with Gasteiger partial charge in [-0.25, -0.2) is 12.8 Å². The van der Waals surface area contributed by atoms with E-state index in [1.54, 1.807) is 0 Å². The summed E-state index contributed by atoms with van der Waals surface area (Å²) in [5.74, 6) is -0.750. The Bertz CT molecular complexity index is 796. The molecule has 0 aliphatic carbocycles. The lowest BCUT2D eigenvalue weighted by molar-refractivity contribution is 0.598. The summed E-state index contributed by atoms with van der Waals surface area (Å²) in [6, 6.07) is 11.5. The maximum atomic E-state index is 13.6. The monoisotopic (exact) mass is 305 g/mol. The zero-order valence-electron chi connectivity index (χ0n) is 10.9. The summed E-state index contributed by atoms with van der Waals surface area (Å²) >= 11 is 0. The van der Waals surface area contributed by atoms with E-state index in [-0.39, 0.29) is 22.7 Å². The zero-order chi connectivity index (χ0) is 15.5. The Balaban J connectivity index is 2.27. The van der Waals surface area contributed by atoms with Crippen molar-refractivity contribution in [2.45, 2.75) is 11.3 Å². The van der Waals surface area contributed by atoms with Gasteiger partial charge < -0.3 is 5.73 Å². The minimum Gasteiger partial charge on any atom is -0.399 e. The number of nitriles is 1. The van der Waals surface area contributed by atoms with Crippen molar-refractivity contribution in [3.05, 3.63) is 53.8 Å². The Hall–Kier alpha value is -2.59. The molecule has 0 radical (unpaired) electrons. The molecule has 0 bridgehead atoms. The highest BCUT2D eigenvalue weighted by Crippen LogP contribution is 2.21. The molecule has 2 aromatic carbocycles. The van der Waals surface area contributed by atoms with Crippen LogP contribution in [0.25, 0.3) is 0 Å². The fourth-order valence-electron chi connectivity index (χ4n) is 1.70. The summed E-state index contributed by atoms with van der Waals surface area (Å²) in [5, 5.41) is 8.56. The van der Waals surface area contributed by atoms with Crippen molar-refractivity contribution >= 4 is 21.4 Å². The largest absolute Gasteiger partial charge is 0.399 e. The molecular weight excluding hydrogens is 293 g/mol. The van der Waals surface area contributed by atoms with E-state index >= 15 is 0 Å². The molecule has 0 aromatic heterocycles. The fraction of sp³-hybridized carbons (Fsp3) is 0.0714. The van der Waals surface area contributed by atoms with Crippen molar-refractivity contribution in [2.75, 3.05) is 10.5 Å². The SMILES string of the molecule is N#CCc1ccc(S(=O)(=O)Nc2ccc(N)cc2F)cc1. The van der Waals surface area contributed by atoms with Crippen LogP contribution in [-0.4, -0.2) is 8.42 Å². The van der Waals surface area contributed by atoms with Crippen LogP contribution in [0.4, 0.5) is 15.8 Å². The minimum absolute atomic E-state index is 0.0135. The Kier molecular flexibility index (Phi) is 4.10.